The molecule has 0 unspecified atom stereocenters. The zero-order chi connectivity index (χ0) is 19.4. The van der Waals surface area contributed by atoms with Crippen molar-refractivity contribution in [1.29, 1.82) is 0 Å². The summed E-state index contributed by atoms with van der Waals surface area (Å²) in [7, 11) is 1.70. The number of nitrogens with one attached hydrogen (secondary N) is 1. The van der Waals surface area contributed by atoms with Gasteiger partial charge in [0, 0.05) is 38.9 Å². The third kappa shape index (κ3) is 4.36. The zero-order valence-corrected chi connectivity index (χ0v) is 16.0. The van der Waals surface area contributed by atoms with E-state index in [9.17, 15) is 14.0 Å². The summed E-state index contributed by atoms with van der Waals surface area (Å²) in [5, 5.41) is 3.53. The summed E-state index contributed by atoms with van der Waals surface area (Å²) < 4.78 is 22.3. The number of rotatable bonds is 5. The van der Waals surface area contributed by atoms with Crippen LogP contribution in [0.3, 0.4) is 0 Å². The SMILES string of the molecule is CNc1snc(C)c1C(=O)OCC(=O)N1CCN(c2ccc(F)cc2)CC1. The number of anilines is 2. The van der Waals surface area contributed by atoms with Gasteiger partial charge in [0.1, 0.15) is 16.4 Å². The van der Waals surface area contributed by atoms with E-state index in [-0.39, 0.29) is 18.3 Å². The number of hydrogen-bond acceptors (Lipinski definition) is 7. The fraction of sp³-hybridized carbons (Fsp3) is 0.389. The molecule has 1 amide bonds. The molecular weight excluding hydrogens is 371 g/mol. The average Bonchev–Trinajstić information content (AvgIpc) is 3.07. The second-order valence-electron chi connectivity index (χ2n) is 6.14. The molecule has 1 aromatic heterocycles. The van der Waals surface area contributed by atoms with Crippen LogP contribution in [0.5, 0.6) is 0 Å². The topological polar surface area (TPSA) is 74.8 Å². The number of ether oxygens (including phenoxy) is 1. The maximum Gasteiger partial charge on any atom is 0.343 e. The molecule has 0 saturated carbocycles. The number of esters is 1. The van der Waals surface area contributed by atoms with Crippen molar-refractivity contribution in [1.82, 2.24) is 9.27 Å². The third-order valence-corrected chi connectivity index (χ3v) is 5.40. The lowest BCUT2D eigenvalue weighted by atomic mass is 10.2. The summed E-state index contributed by atoms with van der Waals surface area (Å²) in [5.41, 5.74) is 1.88. The van der Waals surface area contributed by atoms with Crippen LogP contribution in [0, 0.1) is 12.7 Å². The highest BCUT2D eigenvalue weighted by Crippen LogP contribution is 2.24. The molecule has 1 fully saturated rings. The van der Waals surface area contributed by atoms with Crippen LogP contribution in [0.2, 0.25) is 0 Å². The Hall–Kier alpha value is -2.68. The minimum Gasteiger partial charge on any atom is -0.452 e. The van der Waals surface area contributed by atoms with Crippen LogP contribution in [0.1, 0.15) is 16.1 Å². The van der Waals surface area contributed by atoms with Crippen LogP contribution in [-0.4, -0.2) is 61.0 Å². The molecule has 9 heteroatoms. The minimum absolute atomic E-state index is 0.228. The highest BCUT2D eigenvalue weighted by molar-refractivity contribution is 7.10. The third-order valence-electron chi connectivity index (χ3n) is 4.44. The smallest absolute Gasteiger partial charge is 0.343 e. The van der Waals surface area contributed by atoms with E-state index in [0.29, 0.717) is 42.4 Å². The summed E-state index contributed by atoms with van der Waals surface area (Å²) in [4.78, 5) is 28.4. The zero-order valence-electron chi connectivity index (χ0n) is 15.2. The van der Waals surface area contributed by atoms with Gasteiger partial charge in [0.25, 0.3) is 5.91 Å². The number of nitrogens with zero attached hydrogens (tertiary/aromatic N) is 3. The van der Waals surface area contributed by atoms with E-state index in [4.69, 9.17) is 4.74 Å². The van der Waals surface area contributed by atoms with Crippen molar-refractivity contribution in [2.75, 3.05) is 50.1 Å². The number of piperazine rings is 1. The van der Waals surface area contributed by atoms with Gasteiger partial charge in [-0.05, 0) is 42.7 Å². The number of aromatic nitrogens is 1. The van der Waals surface area contributed by atoms with Crippen molar-refractivity contribution in [3.05, 3.63) is 41.3 Å². The van der Waals surface area contributed by atoms with Gasteiger partial charge in [-0.15, -0.1) is 0 Å². The maximum atomic E-state index is 13.0. The van der Waals surface area contributed by atoms with Gasteiger partial charge < -0.3 is 19.9 Å². The van der Waals surface area contributed by atoms with Crippen LogP contribution in [0.15, 0.2) is 24.3 Å². The summed E-state index contributed by atoms with van der Waals surface area (Å²) in [5.74, 6) is -1.05. The van der Waals surface area contributed by atoms with Gasteiger partial charge in [-0.2, -0.15) is 4.37 Å². The summed E-state index contributed by atoms with van der Waals surface area (Å²) in [6.07, 6.45) is 0. The molecule has 1 aromatic carbocycles. The summed E-state index contributed by atoms with van der Waals surface area (Å²) >= 11 is 1.18. The van der Waals surface area contributed by atoms with E-state index in [1.165, 1.54) is 23.7 Å². The molecule has 144 valence electrons. The fourth-order valence-electron chi connectivity index (χ4n) is 2.94. The van der Waals surface area contributed by atoms with Gasteiger partial charge in [0.2, 0.25) is 0 Å². The van der Waals surface area contributed by atoms with E-state index in [1.807, 2.05) is 0 Å². The molecule has 7 nitrogen and oxygen atoms in total. The highest BCUT2D eigenvalue weighted by atomic mass is 32.1. The lowest BCUT2D eigenvalue weighted by Gasteiger charge is -2.36. The fourth-order valence-corrected chi connectivity index (χ4v) is 3.67. The first-order valence-electron chi connectivity index (χ1n) is 8.59. The van der Waals surface area contributed by atoms with Crippen molar-refractivity contribution in [2.24, 2.45) is 0 Å². The molecule has 0 bridgehead atoms. The molecule has 0 radical (unpaired) electrons. The van der Waals surface area contributed by atoms with Crippen LogP contribution in [0.25, 0.3) is 0 Å². The normalized spacial score (nSPS) is 14.2. The van der Waals surface area contributed by atoms with E-state index in [2.05, 4.69) is 14.6 Å². The quantitative estimate of drug-likeness (QED) is 0.786. The largest absolute Gasteiger partial charge is 0.452 e. The van der Waals surface area contributed by atoms with Crippen LogP contribution >= 0.6 is 11.5 Å². The summed E-state index contributed by atoms with van der Waals surface area (Å²) in [6.45, 7) is 3.76. The second-order valence-corrected chi connectivity index (χ2v) is 6.92. The minimum atomic E-state index is -0.552. The number of carbonyl (C=O) groups is 2. The first kappa shape index (κ1) is 19.1. The molecule has 2 heterocycles. The Labute approximate surface area is 160 Å². The highest BCUT2D eigenvalue weighted by Gasteiger charge is 2.24. The number of benzene rings is 1. The Morgan fingerprint density at radius 1 is 1.22 bits per heavy atom. The monoisotopic (exact) mass is 392 g/mol. The van der Waals surface area contributed by atoms with Crippen molar-refractivity contribution in [3.63, 3.8) is 0 Å². The number of halogens is 1. The van der Waals surface area contributed by atoms with Gasteiger partial charge in [-0.1, -0.05) is 0 Å². The number of hydrogen-bond donors (Lipinski definition) is 1. The van der Waals surface area contributed by atoms with Crippen molar-refractivity contribution in [2.45, 2.75) is 6.92 Å². The molecule has 0 aliphatic carbocycles. The molecule has 1 aliphatic heterocycles. The van der Waals surface area contributed by atoms with E-state index >= 15 is 0 Å². The first-order chi connectivity index (χ1) is 13.0. The molecule has 27 heavy (non-hydrogen) atoms. The Kier molecular flexibility index (Phi) is 5.90. The van der Waals surface area contributed by atoms with E-state index in [0.717, 1.165) is 5.69 Å². The Bertz CT molecular complexity index is 817. The van der Waals surface area contributed by atoms with Gasteiger partial charge >= 0.3 is 5.97 Å². The van der Waals surface area contributed by atoms with E-state index < -0.39 is 5.97 Å². The molecule has 0 atom stereocenters. The molecule has 3 rings (SSSR count). The Balaban J connectivity index is 1.50. The van der Waals surface area contributed by atoms with Crippen molar-refractivity contribution in [3.8, 4) is 0 Å². The Morgan fingerprint density at radius 3 is 2.52 bits per heavy atom. The van der Waals surface area contributed by atoms with Crippen molar-refractivity contribution < 1.29 is 18.7 Å². The lowest BCUT2D eigenvalue weighted by molar-refractivity contribution is -0.134. The lowest BCUT2D eigenvalue weighted by Crippen LogP contribution is -2.49. The molecule has 1 N–H and O–H groups in total. The molecule has 0 spiro atoms. The average molecular weight is 392 g/mol. The van der Waals surface area contributed by atoms with Gasteiger partial charge in [0.15, 0.2) is 6.61 Å². The summed E-state index contributed by atoms with van der Waals surface area (Å²) in [6, 6.07) is 6.30. The van der Waals surface area contributed by atoms with Gasteiger partial charge in [-0.25, -0.2) is 9.18 Å². The predicted molar refractivity (Wildman–Crippen MR) is 102 cm³/mol. The molecule has 1 saturated heterocycles. The van der Waals surface area contributed by atoms with Crippen molar-refractivity contribution >= 4 is 34.1 Å². The second kappa shape index (κ2) is 8.34. The van der Waals surface area contributed by atoms with Crippen LogP contribution in [0.4, 0.5) is 15.1 Å². The van der Waals surface area contributed by atoms with Crippen LogP contribution < -0.4 is 10.2 Å². The van der Waals surface area contributed by atoms with Gasteiger partial charge in [0.05, 0.1) is 5.69 Å². The van der Waals surface area contributed by atoms with E-state index in [1.54, 1.807) is 31.0 Å². The number of amides is 1. The first-order valence-corrected chi connectivity index (χ1v) is 9.36. The molecule has 2 aromatic rings. The van der Waals surface area contributed by atoms with Crippen LogP contribution in [-0.2, 0) is 9.53 Å². The number of aryl methyl sites for hydroxylation is 1. The molecular formula is C18H21FN4O3S. The molecule has 1 aliphatic rings. The number of carbonyl (C=O) groups excluding carboxylic acids is 2. The Morgan fingerprint density at radius 2 is 1.89 bits per heavy atom. The predicted octanol–water partition coefficient (Wildman–Crippen LogP) is 2.14. The standard InChI is InChI=1S/C18H21FN4O3S/c1-12-16(17(20-2)27-21-12)18(25)26-11-15(24)23-9-7-22(8-10-23)14-5-3-13(19)4-6-14/h3-6,20H,7-11H2,1-2H3. The maximum absolute atomic E-state index is 13.0. The van der Waals surface area contributed by atoms with Gasteiger partial charge in [-0.3, -0.25) is 4.79 Å².